The zero-order chi connectivity index (χ0) is 29.0. The Kier molecular flexibility index (Phi) is 8.82. The third-order valence-corrected chi connectivity index (χ3v) is 8.87. The van der Waals surface area contributed by atoms with Crippen LogP contribution < -0.4 is 24.8 Å². The van der Waals surface area contributed by atoms with Crippen LogP contribution in [0.1, 0.15) is 63.6 Å². The molecule has 5 rings (SSSR count). The SMILES string of the molecule is CCCC(NC(=O)C1C(=O)C(CC)(CC)[C@@H]1Oc1ccc(CC(=O)N2CCNCC2)cc1)c1ccc2c(c1)OCO2. The molecular formula is C32H41N3O6. The normalized spacial score (nSPS) is 21.6. The number of ether oxygens (including phenoxy) is 3. The number of rotatable bonds is 11. The Labute approximate surface area is 241 Å². The zero-order valence-electron chi connectivity index (χ0n) is 24.2. The summed E-state index contributed by atoms with van der Waals surface area (Å²) < 4.78 is 17.4. The van der Waals surface area contributed by atoms with Gasteiger partial charge in [0.15, 0.2) is 17.3 Å². The van der Waals surface area contributed by atoms with E-state index >= 15 is 0 Å². The lowest BCUT2D eigenvalue weighted by Gasteiger charge is -2.51. The molecular weight excluding hydrogens is 522 g/mol. The number of ketones is 1. The van der Waals surface area contributed by atoms with Gasteiger partial charge in [-0.05, 0) is 54.7 Å². The maximum absolute atomic E-state index is 13.7. The quantitative estimate of drug-likeness (QED) is 0.401. The van der Waals surface area contributed by atoms with Crippen LogP contribution in [-0.4, -0.2) is 61.6 Å². The van der Waals surface area contributed by atoms with E-state index in [1.54, 1.807) is 0 Å². The molecule has 9 heteroatoms. The van der Waals surface area contributed by atoms with E-state index in [2.05, 4.69) is 17.6 Å². The molecule has 0 spiro atoms. The number of carbonyl (C=O) groups excluding carboxylic acids is 3. The Morgan fingerprint density at radius 1 is 1.05 bits per heavy atom. The van der Waals surface area contributed by atoms with Crippen molar-refractivity contribution in [3.8, 4) is 17.2 Å². The predicted octanol–water partition coefficient (Wildman–Crippen LogP) is 3.80. The molecule has 41 heavy (non-hydrogen) atoms. The summed E-state index contributed by atoms with van der Waals surface area (Å²) >= 11 is 0. The summed E-state index contributed by atoms with van der Waals surface area (Å²) in [5.74, 6) is 0.779. The number of benzene rings is 2. The van der Waals surface area contributed by atoms with E-state index in [0.29, 0.717) is 36.5 Å². The van der Waals surface area contributed by atoms with Crippen molar-refractivity contribution in [2.75, 3.05) is 33.0 Å². The lowest BCUT2D eigenvalue weighted by atomic mass is 9.55. The number of hydrogen-bond donors (Lipinski definition) is 2. The average molecular weight is 564 g/mol. The number of piperazine rings is 1. The van der Waals surface area contributed by atoms with E-state index in [0.717, 1.165) is 50.1 Å². The number of Topliss-reactive ketones (excluding diaryl/α,β-unsaturated/α-hetero) is 1. The standard InChI is InChI=1S/C32H41N3O6/c1-4-7-24(22-10-13-25-26(19-22)40-20-39-25)34-31(38)28-29(37)32(5-2,6-3)30(28)41-23-11-8-21(9-12-23)18-27(36)35-16-14-33-15-17-35/h8-13,19,24,28,30,33H,4-7,14-18,20H2,1-3H3,(H,34,38)/t24?,28?,30-/m1/s1. The smallest absolute Gasteiger partial charge is 0.234 e. The molecule has 1 saturated heterocycles. The molecule has 3 atom stereocenters. The molecule has 2 unspecified atom stereocenters. The van der Waals surface area contributed by atoms with Crippen LogP contribution in [0, 0.1) is 11.3 Å². The summed E-state index contributed by atoms with van der Waals surface area (Å²) in [7, 11) is 0. The van der Waals surface area contributed by atoms with Gasteiger partial charge in [0.05, 0.1) is 17.9 Å². The fraction of sp³-hybridized carbons (Fsp3) is 0.531. The van der Waals surface area contributed by atoms with E-state index < -0.39 is 17.4 Å². The number of carbonyl (C=O) groups is 3. The summed E-state index contributed by atoms with van der Waals surface area (Å²) in [5.41, 5.74) is 1.11. The fourth-order valence-electron chi connectivity index (χ4n) is 6.28. The molecule has 2 aromatic carbocycles. The van der Waals surface area contributed by atoms with Crippen LogP contribution in [0.15, 0.2) is 42.5 Å². The third kappa shape index (κ3) is 5.77. The second-order valence-corrected chi connectivity index (χ2v) is 11.2. The van der Waals surface area contributed by atoms with Gasteiger partial charge in [0.1, 0.15) is 17.8 Å². The van der Waals surface area contributed by atoms with E-state index in [1.165, 1.54) is 0 Å². The molecule has 2 amide bonds. The van der Waals surface area contributed by atoms with Crippen LogP contribution in [-0.2, 0) is 20.8 Å². The van der Waals surface area contributed by atoms with Gasteiger partial charge in [-0.3, -0.25) is 14.4 Å². The first-order valence-corrected chi connectivity index (χ1v) is 14.9. The molecule has 2 heterocycles. The molecule has 1 aliphatic carbocycles. The third-order valence-electron chi connectivity index (χ3n) is 8.87. The predicted molar refractivity (Wildman–Crippen MR) is 154 cm³/mol. The van der Waals surface area contributed by atoms with Gasteiger partial charge in [0, 0.05) is 26.2 Å². The molecule has 2 fully saturated rings. The van der Waals surface area contributed by atoms with Crippen LogP contribution in [0.3, 0.4) is 0 Å². The first kappa shape index (κ1) is 28.9. The number of nitrogens with zero attached hydrogens (tertiary/aromatic N) is 1. The highest BCUT2D eigenvalue weighted by molar-refractivity contribution is 6.10. The van der Waals surface area contributed by atoms with Crippen molar-refractivity contribution >= 4 is 17.6 Å². The minimum Gasteiger partial charge on any atom is -0.488 e. The van der Waals surface area contributed by atoms with Crippen molar-refractivity contribution in [3.63, 3.8) is 0 Å². The Hall–Kier alpha value is -3.59. The molecule has 0 radical (unpaired) electrons. The Morgan fingerprint density at radius 3 is 2.44 bits per heavy atom. The minimum absolute atomic E-state index is 0.0656. The highest BCUT2D eigenvalue weighted by atomic mass is 16.7. The molecule has 2 aromatic rings. The van der Waals surface area contributed by atoms with Crippen LogP contribution >= 0.6 is 0 Å². The average Bonchev–Trinajstić information content (AvgIpc) is 3.47. The Morgan fingerprint density at radius 2 is 1.76 bits per heavy atom. The van der Waals surface area contributed by atoms with E-state index in [-0.39, 0.29) is 30.4 Å². The van der Waals surface area contributed by atoms with Crippen LogP contribution in [0.5, 0.6) is 17.2 Å². The van der Waals surface area contributed by atoms with Crippen molar-refractivity contribution in [2.24, 2.45) is 11.3 Å². The van der Waals surface area contributed by atoms with Gasteiger partial charge in [-0.25, -0.2) is 0 Å². The van der Waals surface area contributed by atoms with Crippen LogP contribution in [0.4, 0.5) is 0 Å². The molecule has 220 valence electrons. The summed E-state index contributed by atoms with van der Waals surface area (Å²) in [5, 5.41) is 6.40. The minimum atomic E-state index is -0.891. The van der Waals surface area contributed by atoms with E-state index in [4.69, 9.17) is 14.2 Å². The number of fused-ring (bicyclic) bond motifs is 1. The highest BCUT2D eigenvalue weighted by Crippen LogP contribution is 2.50. The second-order valence-electron chi connectivity index (χ2n) is 11.2. The Balaban J connectivity index is 1.29. The van der Waals surface area contributed by atoms with Crippen LogP contribution in [0.2, 0.25) is 0 Å². The van der Waals surface area contributed by atoms with E-state index in [1.807, 2.05) is 61.2 Å². The van der Waals surface area contributed by atoms with E-state index in [9.17, 15) is 14.4 Å². The zero-order valence-corrected chi connectivity index (χ0v) is 24.2. The van der Waals surface area contributed by atoms with Crippen molar-refractivity contribution in [2.45, 2.75) is 65.0 Å². The maximum atomic E-state index is 13.7. The molecule has 9 nitrogen and oxygen atoms in total. The summed E-state index contributed by atoms with van der Waals surface area (Å²) in [4.78, 5) is 41.7. The van der Waals surface area contributed by atoms with Gasteiger partial charge < -0.3 is 29.7 Å². The first-order valence-electron chi connectivity index (χ1n) is 14.9. The van der Waals surface area contributed by atoms with Gasteiger partial charge in [-0.1, -0.05) is 45.4 Å². The van der Waals surface area contributed by atoms with Crippen molar-refractivity contribution < 1.29 is 28.6 Å². The molecule has 2 aliphatic heterocycles. The van der Waals surface area contributed by atoms with Crippen molar-refractivity contribution in [1.82, 2.24) is 15.5 Å². The van der Waals surface area contributed by atoms with Gasteiger partial charge in [-0.2, -0.15) is 0 Å². The summed E-state index contributed by atoms with van der Waals surface area (Å²) in [6, 6.07) is 12.9. The molecule has 0 bridgehead atoms. The Bertz CT molecular complexity index is 1250. The molecule has 0 aromatic heterocycles. The lowest BCUT2D eigenvalue weighted by molar-refractivity contribution is -0.173. The fourth-order valence-corrected chi connectivity index (χ4v) is 6.28. The number of amides is 2. The summed E-state index contributed by atoms with van der Waals surface area (Å²) in [6.07, 6.45) is 2.52. The van der Waals surface area contributed by atoms with Crippen LogP contribution in [0.25, 0.3) is 0 Å². The number of nitrogens with one attached hydrogen (secondary N) is 2. The lowest BCUT2D eigenvalue weighted by Crippen LogP contribution is -2.68. The van der Waals surface area contributed by atoms with Gasteiger partial charge in [0.25, 0.3) is 0 Å². The van der Waals surface area contributed by atoms with Crippen molar-refractivity contribution in [3.05, 3.63) is 53.6 Å². The highest BCUT2D eigenvalue weighted by Gasteiger charge is 2.64. The van der Waals surface area contributed by atoms with Gasteiger partial charge in [0.2, 0.25) is 18.6 Å². The molecule has 3 aliphatic rings. The summed E-state index contributed by atoms with van der Waals surface area (Å²) in [6.45, 7) is 9.29. The first-order chi connectivity index (χ1) is 19.9. The van der Waals surface area contributed by atoms with Crippen molar-refractivity contribution in [1.29, 1.82) is 0 Å². The topological polar surface area (TPSA) is 106 Å². The maximum Gasteiger partial charge on any atom is 0.234 e. The molecule has 1 saturated carbocycles. The molecule has 2 N–H and O–H groups in total. The van der Waals surface area contributed by atoms with Gasteiger partial charge >= 0.3 is 0 Å². The second kappa shape index (κ2) is 12.5. The van der Waals surface area contributed by atoms with Gasteiger partial charge in [-0.15, -0.1) is 0 Å². The largest absolute Gasteiger partial charge is 0.488 e. The number of hydrogen-bond acceptors (Lipinski definition) is 7. The monoisotopic (exact) mass is 563 g/mol.